The SMILES string of the molecule is COCC1CCN(Cc2cc(F)ccc2O)CC1. The predicted octanol–water partition coefficient (Wildman–Crippen LogP) is 2.39. The second-order valence-electron chi connectivity index (χ2n) is 4.95. The molecule has 0 amide bonds. The topological polar surface area (TPSA) is 32.7 Å². The van der Waals surface area contributed by atoms with Crippen molar-refractivity contribution in [2.24, 2.45) is 5.92 Å². The average molecular weight is 253 g/mol. The Hall–Kier alpha value is -1.13. The van der Waals surface area contributed by atoms with Gasteiger partial charge in [-0.3, -0.25) is 4.90 Å². The Bertz CT molecular complexity index is 389. The van der Waals surface area contributed by atoms with Crippen molar-refractivity contribution >= 4 is 0 Å². The lowest BCUT2D eigenvalue weighted by Gasteiger charge is -2.31. The van der Waals surface area contributed by atoms with Crippen molar-refractivity contribution in [3.63, 3.8) is 0 Å². The number of nitrogens with zero attached hydrogens (tertiary/aromatic N) is 1. The summed E-state index contributed by atoms with van der Waals surface area (Å²) in [7, 11) is 1.73. The van der Waals surface area contributed by atoms with Crippen LogP contribution >= 0.6 is 0 Å². The average Bonchev–Trinajstić information content (AvgIpc) is 2.37. The molecule has 1 saturated heterocycles. The Kier molecular flexibility index (Phi) is 4.55. The van der Waals surface area contributed by atoms with Gasteiger partial charge in [-0.2, -0.15) is 0 Å². The van der Waals surface area contributed by atoms with Gasteiger partial charge >= 0.3 is 0 Å². The fraction of sp³-hybridized carbons (Fsp3) is 0.571. The van der Waals surface area contributed by atoms with Crippen molar-refractivity contribution in [2.75, 3.05) is 26.8 Å². The van der Waals surface area contributed by atoms with E-state index in [4.69, 9.17) is 4.74 Å². The van der Waals surface area contributed by atoms with Crippen LogP contribution in [0.5, 0.6) is 5.75 Å². The minimum Gasteiger partial charge on any atom is -0.508 e. The summed E-state index contributed by atoms with van der Waals surface area (Å²) >= 11 is 0. The number of piperidine rings is 1. The van der Waals surface area contributed by atoms with Gasteiger partial charge in [0.05, 0.1) is 0 Å². The summed E-state index contributed by atoms with van der Waals surface area (Å²) in [5.74, 6) is 0.514. The lowest BCUT2D eigenvalue weighted by Crippen LogP contribution is -2.34. The van der Waals surface area contributed by atoms with Crippen LogP contribution < -0.4 is 0 Å². The van der Waals surface area contributed by atoms with Crippen molar-refractivity contribution in [3.05, 3.63) is 29.6 Å². The zero-order valence-electron chi connectivity index (χ0n) is 10.7. The van der Waals surface area contributed by atoms with E-state index in [2.05, 4.69) is 4.90 Å². The third-order valence-electron chi connectivity index (χ3n) is 3.55. The maximum absolute atomic E-state index is 13.1. The molecule has 1 heterocycles. The Morgan fingerprint density at radius 1 is 1.39 bits per heavy atom. The molecule has 1 aromatic carbocycles. The molecule has 4 heteroatoms. The summed E-state index contributed by atoms with van der Waals surface area (Å²) < 4.78 is 18.3. The zero-order valence-corrected chi connectivity index (χ0v) is 10.7. The first-order valence-electron chi connectivity index (χ1n) is 6.37. The van der Waals surface area contributed by atoms with Crippen LogP contribution in [0.15, 0.2) is 18.2 Å². The molecule has 0 spiro atoms. The van der Waals surface area contributed by atoms with Gasteiger partial charge in [-0.05, 0) is 50.0 Å². The monoisotopic (exact) mass is 253 g/mol. The van der Waals surface area contributed by atoms with Crippen LogP contribution in [0, 0.1) is 11.7 Å². The summed E-state index contributed by atoms with van der Waals surface area (Å²) in [5.41, 5.74) is 0.667. The Morgan fingerprint density at radius 2 is 2.11 bits per heavy atom. The molecule has 0 bridgehead atoms. The smallest absolute Gasteiger partial charge is 0.123 e. The third-order valence-corrected chi connectivity index (χ3v) is 3.55. The van der Waals surface area contributed by atoms with E-state index in [0.717, 1.165) is 32.5 Å². The predicted molar refractivity (Wildman–Crippen MR) is 67.9 cm³/mol. The maximum Gasteiger partial charge on any atom is 0.123 e. The molecular formula is C14H20FNO2. The highest BCUT2D eigenvalue weighted by Gasteiger charge is 2.19. The van der Waals surface area contributed by atoms with Gasteiger partial charge in [0.2, 0.25) is 0 Å². The van der Waals surface area contributed by atoms with Gasteiger partial charge in [-0.15, -0.1) is 0 Å². The number of ether oxygens (including phenoxy) is 1. The van der Waals surface area contributed by atoms with Gasteiger partial charge in [-0.1, -0.05) is 0 Å². The second kappa shape index (κ2) is 6.16. The molecule has 1 fully saturated rings. The third kappa shape index (κ3) is 3.43. The molecule has 0 atom stereocenters. The van der Waals surface area contributed by atoms with Gasteiger partial charge in [0.25, 0.3) is 0 Å². The lowest BCUT2D eigenvalue weighted by atomic mass is 9.97. The van der Waals surface area contributed by atoms with Gasteiger partial charge < -0.3 is 9.84 Å². The molecule has 1 aliphatic heterocycles. The van der Waals surface area contributed by atoms with Crippen LogP contribution in [-0.2, 0) is 11.3 Å². The van der Waals surface area contributed by atoms with Gasteiger partial charge in [0, 0.05) is 25.8 Å². The highest BCUT2D eigenvalue weighted by atomic mass is 19.1. The molecular weight excluding hydrogens is 233 g/mol. The highest BCUT2D eigenvalue weighted by Crippen LogP contribution is 2.23. The Labute approximate surface area is 107 Å². The quantitative estimate of drug-likeness (QED) is 0.894. The molecule has 0 saturated carbocycles. The number of hydrogen-bond donors (Lipinski definition) is 1. The van der Waals surface area contributed by atoms with E-state index in [-0.39, 0.29) is 11.6 Å². The second-order valence-corrected chi connectivity index (χ2v) is 4.95. The first-order valence-corrected chi connectivity index (χ1v) is 6.37. The number of rotatable bonds is 4. The summed E-state index contributed by atoms with van der Waals surface area (Å²) in [6.07, 6.45) is 2.20. The van der Waals surface area contributed by atoms with E-state index in [1.54, 1.807) is 7.11 Å². The van der Waals surface area contributed by atoms with E-state index in [1.165, 1.54) is 18.2 Å². The molecule has 1 aromatic rings. The number of methoxy groups -OCH3 is 1. The van der Waals surface area contributed by atoms with Crippen LogP contribution in [-0.4, -0.2) is 36.8 Å². The standard InChI is InChI=1S/C14H20FNO2/c1-18-10-11-4-6-16(7-5-11)9-12-8-13(15)2-3-14(12)17/h2-3,8,11,17H,4-7,9-10H2,1H3. The van der Waals surface area contributed by atoms with Crippen LogP contribution in [0.4, 0.5) is 4.39 Å². The molecule has 0 unspecified atom stereocenters. The van der Waals surface area contributed by atoms with Crippen molar-refractivity contribution < 1.29 is 14.2 Å². The van der Waals surface area contributed by atoms with E-state index < -0.39 is 0 Å². The maximum atomic E-state index is 13.1. The van der Waals surface area contributed by atoms with Crippen molar-refractivity contribution in [1.82, 2.24) is 4.90 Å². The minimum atomic E-state index is -0.294. The number of aromatic hydroxyl groups is 1. The first-order chi connectivity index (χ1) is 8.69. The van der Waals surface area contributed by atoms with Gasteiger partial charge in [0.15, 0.2) is 0 Å². The number of halogens is 1. The number of phenolic OH excluding ortho intramolecular Hbond substituents is 1. The molecule has 1 N–H and O–H groups in total. The minimum absolute atomic E-state index is 0.176. The van der Waals surface area contributed by atoms with E-state index in [1.807, 2.05) is 0 Å². The molecule has 100 valence electrons. The van der Waals surface area contributed by atoms with Crippen LogP contribution in [0.3, 0.4) is 0 Å². The molecule has 2 rings (SSSR count). The summed E-state index contributed by atoms with van der Waals surface area (Å²) in [5, 5.41) is 9.69. The summed E-state index contributed by atoms with van der Waals surface area (Å²) in [6.45, 7) is 3.39. The molecule has 0 aromatic heterocycles. The fourth-order valence-electron chi connectivity index (χ4n) is 2.47. The fourth-order valence-corrected chi connectivity index (χ4v) is 2.47. The van der Waals surface area contributed by atoms with E-state index in [9.17, 15) is 9.50 Å². The number of hydrogen-bond acceptors (Lipinski definition) is 3. The van der Waals surface area contributed by atoms with E-state index >= 15 is 0 Å². The van der Waals surface area contributed by atoms with Gasteiger partial charge in [-0.25, -0.2) is 4.39 Å². The normalized spacial score (nSPS) is 18.1. The van der Waals surface area contributed by atoms with Crippen LogP contribution in [0.25, 0.3) is 0 Å². The Balaban J connectivity index is 1.89. The molecule has 1 aliphatic rings. The first kappa shape index (κ1) is 13.3. The number of likely N-dealkylation sites (tertiary alicyclic amines) is 1. The van der Waals surface area contributed by atoms with E-state index in [0.29, 0.717) is 18.0 Å². The Morgan fingerprint density at radius 3 is 2.78 bits per heavy atom. The zero-order chi connectivity index (χ0) is 13.0. The molecule has 18 heavy (non-hydrogen) atoms. The van der Waals surface area contributed by atoms with Crippen molar-refractivity contribution in [3.8, 4) is 5.75 Å². The van der Waals surface area contributed by atoms with Crippen molar-refractivity contribution in [2.45, 2.75) is 19.4 Å². The molecule has 0 aliphatic carbocycles. The van der Waals surface area contributed by atoms with Crippen LogP contribution in [0.2, 0.25) is 0 Å². The van der Waals surface area contributed by atoms with Crippen LogP contribution in [0.1, 0.15) is 18.4 Å². The summed E-state index contributed by atoms with van der Waals surface area (Å²) in [6, 6.07) is 4.11. The number of phenols is 1. The highest BCUT2D eigenvalue weighted by molar-refractivity contribution is 5.32. The van der Waals surface area contributed by atoms with Gasteiger partial charge in [0.1, 0.15) is 11.6 Å². The number of benzene rings is 1. The molecule has 0 radical (unpaired) electrons. The van der Waals surface area contributed by atoms with Crippen molar-refractivity contribution in [1.29, 1.82) is 0 Å². The lowest BCUT2D eigenvalue weighted by molar-refractivity contribution is 0.0964. The summed E-state index contributed by atoms with van der Waals surface area (Å²) in [4.78, 5) is 2.25. The molecule has 3 nitrogen and oxygen atoms in total. The largest absolute Gasteiger partial charge is 0.508 e.